The summed E-state index contributed by atoms with van der Waals surface area (Å²) in [6.07, 6.45) is -1.10. The first kappa shape index (κ1) is 14.3. The molecule has 1 aliphatic heterocycles. The average molecular weight is 309 g/mol. The number of aliphatic hydroxyl groups excluding tert-OH is 1. The zero-order chi connectivity index (χ0) is 15.4. The first-order chi connectivity index (χ1) is 9.78. The number of fused-ring (bicyclic) bond motifs is 3. The Morgan fingerprint density at radius 1 is 1.52 bits per heavy atom. The molecule has 0 aliphatic carbocycles. The lowest BCUT2D eigenvalue weighted by atomic mass is 10.1. The lowest BCUT2D eigenvalue weighted by Crippen LogP contribution is -2.41. The second-order valence-electron chi connectivity index (χ2n) is 6.30. The van der Waals surface area contributed by atoms with Gasteiger partial charge in [0.25, 0.3) is 0 Å². The van der Waals surface area contributed by atoms with Crippen LogP contribution in [0.15, 0.2) is 5.51 Å². The van der Waals surface area contributed by atoms with Crippen molar-refractivity contribution in [2.75, 3.05) is 6.54 Å². The third-order valence-corrected chi connectivity index (χ3v) is 4.39. The second kappa shape index (κ2) is 4.71. The predicted molar refractivity (Wildman–Crippen MR) is 80.2 cm³/mol. The van der Waals surface area contributed by atoms with Crippen molar-refractivity contribution in [1.82, 2.24) is 14.5 Å². The van der Waals surface area contributed by atoms with Gasteiger partial charge < -0.3 is 14.4 Å². The topological polar surface area (TPSA) is 67.6 Å². The molecular formula is C14H19N3O3S. The summed E-state index contributed by atoms with van der Waals surface area (Å²) >= 11 is 1.52. The first-order valence-corrected chi connectivity index (χ1v) is 7.72. The van der Waals surface area contributed by atoms with Crippen LogP contribution in [-0.2, 0) is 18.3 Å². The van der Waals surface area contributed by atoms with Crippen molar-refractivity contribution in [3.8, 4) is 0 Å². The van der Waals surface area contributed by atoms with E-state index >= 15 is 0 Å². The first-order valence-electron chi connectivity index (χ1n) is 6.84. The Hall–Kier alpha value is -1.60. The molecule has 6 nitrogen and oxygen atoms in total. The van der Waals surface area contributed by atoms with Crippen molar-refractivity contribution >= 4 is 27.8 Å². The molecule has 0 saturated heterocycles. The maximum absolute atomic E-state index is 12.2. The van der Waals surface area contributed by atoms with Crippen LogP contribution in [0.3, 0.4) is 0 Å². The van der Waals surface area contributed by atoms with Gasteiger partial charge in [-0.05, 0) is 20.8 Å². The van der Waals surface area contributed by atoms with Gasteiger partial charge in [-0.3, -0.25) is 4.90 Å². The summed E-state index contributed by atoms with van der Waals surface area (Å²) in [4.78, 5) is 18.1. The molecule has 1 N–H and O–H groups in total. The van der Waals surface area contributed by atoms with E-state index in [1.165, 1.54) is 11.3 Å². The van der Waals surface area contributed by atoms with Crippen LogP contribution in [0, 0.1) is 0 Å². The van der Waals surface area contributed by atoms with E-state index in [4.69, 9.17) is 4.74 Å². The number of thiazole rings is 1. The highest BCUT2D eigenvalue weighted by molar-refractivity contribution is 7.17. The number of carbonyl (C=O) groups is 1. The largest absolute Gasteiger partial charge is 0.444 e. The maximum atomic E-state index is 12.2. The van der Waals surface area contributed by atoms with Crippen LogP contribution in [-0.4, -0.2) is 37.8 Å². The highest BCUT2D eigenvalue weighted by Gasteiger charge is 2.34. The number of hydrogen-bond donors (Lipinski definition) is 1. The molecule has 3 heterocycles. The molecule has 7 heteroatoms. The lowest BCUT2D eigenvalue weighted by molar-refractivity contribution is 0.00785. The third kappa shape index (κ3) is 2.40. The zero-order valence-corrected chi connectivity index (χ0v) is 13.4. The van der Waals surface area contributed by atoms with Gasteiger partial charge in [0.1, 0.15) is 5.60 Å². The van der Waals surface area contributed by atoms with Gasteiger partial charge in [0.05, 0.1) is 29.4 Å². The van der Waals surface area contributed by atoms with Crippen LogP contribution >= 0.6 is 11.3 Å². The summed E-state index contributed by atoms with van der Waals surface area (Å²) in [7, 11) is 1.91. The number of carbonyl (C=O) groups excluding carboxylic acids is 1. The van der Waals surface area contributed by atoms with Crippen LogP contribution < -0.4 is 0 Å². The molecule has 2 aromatic heterocycles. The van der Waals surface area contributed by atoms with Gasteiger partial charge in [-0.2, -0.15) is 0 Å². The Kier molecular flexibility index (Phi) is 3.22. The minimum Gasteiger partial charge on any atom is -0.444 e. The highest BCUT2D eigenvalue weighted by Crippen LogP contribution is 2.37. The fourth-order valence-electron chi connectivity index (χ4n) is 2.65. The summed E-state index contributed by atoms with van der Waals surface area (Å²) in [5.41, 5.74) is 3.91. The summed E-state index contributed by atoms with van der Waals surface area (Å²) in [6, 6.07) is 0. The molecule has 0 fully saturated rings. The van der Waals surface area contributed by atoms with Crippen LogP contribution in [0.4, 0.5) is 4.79 Å². The van der Waals surface area contributed by atoms with E-state index in [1.807, 2.05) is 32.4 Å². The van der Waals surface area contributed by atoms with Crippen molar-refractivity contribution < 1.29 is 14.6 Å². The number of hydrogen-bond acceptors (Lipinski definition) is 5. The molecule has 3 rings (SSSR count). The predicted octanol–water partition coefficient (Wildman–Crippen LogP) is 2.42. The van der Waals surface area contributed by atoms with Crippen molar-refractivity contribution in [2.24, 2.45) is 7.05 Å². The van der Waals surface area contributed by atoms with Gasteiger partial charge in [-0.1, -0.05) is 0 Å². The van der Waals surface area contributed by atoms with E-state index in [1.54, 1.807) is 10.4 Å². The van der Waals surface area contributed by atoms with Crippen LogP contribution in [0.2, 0.25) is 0 Å². The quantitative estimate of drug-likeness (QED) is 0.811. The second-order valence-corrected chi connectivity index (χ2v) is 7.16. The van der Waals surface area contributed by atoms with Gasteiger partial charge in [0.15, 0.2) is 5.65 Å². The number of nitrogens with zero attached hydrogens (tertiary/aromatic N) is 3. The number of β-amino-alcohol motifs (C(OH)–C–C–N with tert-alkyl or cyclic N) is 1. The molecule has 1 unspecified atom stereocenters. The number of aliphatic hydroxyl groups is 1. The van der Waals surface area contributed by atoms with E-state index in [9.17, 15) is 9.90 Å². The lowest BCUT2D eigenvalue weighted by Gasteiger charge is -2.32. The van der Waals surface area contributed by atoms with Crippen molar-refractivity contribution in [3.05, 3.63) is 16.8 Å². The summed E-state index contributed by atoms with van der Waals surface area (Å²) in [5.74, 6) is 0. The Morgan fingerprint density at radius 3 is 2.90 bits per heavy atom. The molecule has 21 heavy (non-hydrogen) atoms. The molecule has 0 radical (unpaired) electrons. The van der Waals surface area contributed by atoms with Gasteiger partial charge in [-0.25, -0.2) is 9.78 Å². The minimum atomic E-state index is -0.703. The Labute approximate surface area is 126 Å². The van der Waals surface area contributed by atoms with E-state index in [0.717, 1.165) is 21.6 Å². The SMILES string of the molecule is Cn1c2c(c3scnc31)C(O)CN(C(=O)OC(C)(C)C)C2. The molecule has 0 bridgehead atoms. The smallest absolute Gasteiger partial charge is 0.410 e. The average Bonchev–Trinajstić information content (AvgIpc) is 2.91. The molecule has 0 saturated carbocycles. The molecule has 114 valence electrons. The molecule has 1 atom stereocenters. The number of aryl methyl sites for hydroxylation is 1. The zero-order valence-electron chi connectivity index (χ0n) is 12.6. The summed E-state index contributed by atoms with van der Waals surface area (Å²) in [5, 5.41) is 10.4. The Morgan fingerprint density at radius 2 is 2.24 bits per heavy atom. The van der Waals surface area contributed by atoms with Crippen LogP contribution in [0.25, 0.3) is 10.3 Å². The van der Waals surface area contributed by atoms with E-state index < -0.39 is 17.8 Å². The molecule has 1 amide bonds. The van der Waals surface area contributed by atoms with E-state index in [-0.39, 0.29) is 6.54 Å². The summed E-state index contributed by atoms with van der Waals surface area (Å²) in [6.45, 7) is 6.18. The number of aromatic nitrogens is 2. The normalized spacial score (nSPS) is 18.9. The van der Waals surface area contributed by atoms with Gasteiger partial charge in [0.2, 0.25) is 0 Å². The fourth-order valence-corrected chi connectivity index (χ4v) is 3.58. The molecule has 0 aromatic carbocycles. The van der Waals surface area contributed by atoms with Gasteiger partial charge in [0, 0.05) is 18.3 Å². The number of amides is 1. The van der Waals surface area contributed by atoms with E-state index in [0.29, 0.717) is 6.54 Å². The van der Waals surface area contributed by atoms with Gasteiger partial charge >= 0.3 is 6.09 Å². The molecule has 2 aromatic rings. The van der Waals surface area contributed by atoms with Crippen molar-refractivity contribution in [3.63, 3.8) is 0 Å². The Balaban J connectivity index is 1.94. The van der Waals surface area contributed by atoms with Crippen molar-refractivity contribution in [2.45, 2.75) is 39.0 Å². The molecule has 0 spiro atoms. The monoisotopic (exact) mass is 309 g/mol. The van der Waals surface area contributed by atoms with Crippen LogP contribution in [0.5, 0.6) is 0 Å². The van der Waals surface area contributed by atoms with E-state index in [2.05, 4.69) is 4.98 Å². The Bertz CT molecular complexity index is 698. The number of ether oxygens (including phenoxy) is 1. The fraction of sp³-hybridized carbons (Fsp3) is 0.571. The summed E-state index contributed by atoms with van der Waals surface area (Å²) < 4.78 is 8.34. The molecular weight excluding hydrogens is 290 g/mol. The highest BCUT2D eigenvalue weighted by atomic mass is 32.1. The molecule has 1 aliphatic rings. The standard InChI is InChI=1S/C14H19N3O3S/c1-14(2,3)20-13(19)17-5-8-10(9(18)6-17)11-12(16(8)4)15-7-21-11/h7,9,18H,5-6H2,1-4H3. The van der Waals surface area contributed by atoms with Crippen LogP contribution in [0.1, 0.15) is 38.1 Å². The number of rotatable bonds is 0. The van der Waals surface area contributed by atoms with Crippen molar-refractivity contribution in [1.29, 1.82) is 0 Å². The minimum absolute atomic E-state index is 0.249. The maximum Gasteiger partial charge on any atom is 0.410 e. The third-order valence-electron chi connectivity index (χ3n) is 3.55. The van der Waals surface area contributed by atoms with Gasteiger partial charge in [-0.15, -0.1) is 11.3 Å².